The molecule has 0 fully saturated rings. The molecule has 3 aromatic rings. The van der Waals surface area contributed by atoms with Crippen molar-refractivity contribution in [2.24, 2.45) is 0 Å². The predicted molar refractivity (Wildman–Crippen MR) is 119 cm³/mol. The Bertz CT molecular complexity index is 1060. The number of nitrogens with one attached hydrogen (secondary N) is 1. The molecular weight excluding hydrogens is 461 g/mol. The van der Waals surface area contributed by atoms with E-state index in [4.69, 9.17) is 0 Å². The van der Waals surface area contributed by atoms with Crippen molar-refractivity contribution in [3.63, 3.8) is 0 Å². The van der Waals surface area contributed by atoms with E-state index in [1.54, 1.807) is 0 Å². The van der Waals surface area contributed by atoms with Crippen LogP contribution in [0.1, 0.15) is 6.92 Å². The Morgan fingerprint density at radius 3 is 1.94 bits per heavy atom. The Labute approximate surface area is 183 Å². The molecule has 0 bridgehead atoms. The molecule has 8 heteroatoms. The molecule has 0 heterocycles. The van der Waals surface area contributed by atoms with Gasteiger partial charge in [0.2, 0.25) is 0 Å². The fourth-order valence-corrected chi connectivity index (χ4v) is 4.85. The summed E-state index contributed by atoms with van der Waals surface area (Å²) in [6, 6.07) is 24.1. The summed E-state index contributed by atoms with van der Waals surface area (Å²) in [7, 11) is 0. The average molecular weight is 483 g/mol. The van der Waals surface area contributed by atoms with Crippen molar-refractivity contribution in [2.45, 2.75) is 6.92 Å². The van der Waals surface area contributed by atoms with Crippen LogP contribution in [0, 0.1) is 0 Å². The molecule has 0 aliphatic carbocycles. The summed E-state index contributed by atoms with van der Waals surface area (Å²) in [5, 5.41) is 11.6. The smallest absolute Gasteiger partial charge is 0.0184 e. The summed E-state index contributed by atoms with van der Waals surface area (Å²) in [5.74, 6) is -1.76. The molecule has 3 aromatic carbocycles. The van der Waals surface area contributed by atoms with E-state index >= 15 is 0 Å². The van der Waals surface area contributed by atoms with Crippen LogP contribution in [0.5, 0.6) is 5.75 Å². The first-order chi connectivity index (χ1) is 14.7. The second-order valence-electron chi connectivity index (χ2n) is 6.25. The Kier molecular flexibility index (Phi) is 8.43. The number of hydrogen-bond acceptors (Lipinski definition) is 5. The monoisotopic (exact) mass is 483 g/mol. The van der Waals surface area contributed by atoms with Crippen molar-refractivity contribution in [1.29, 1.82) is 0 Å². The van der Waals surface area contributed by atoms with Crippen molar-refractivity contribution in [2.75, 3.05) is 5.32 Å². The van der Waals surface area contributed by atoms with Gasteiger partial charge in [0.1, 0.15) is 0 Å². The molecule has 0 radical (unpaired) electrons. The third-order valence-corrected chi connectivity index (χ3v) is 6.85. The summed E-state index contributed by atoms with van der Waals surface area (Å²) in [6.07, 6.45) is 0.753. The van der Waals surface area contributed by atoms with Crippen LogP contribution in [-0.2, 0) is 17.1 Å². The van der Waals surface area contributed by atoms with E-state index in [-0.39, 0.29) is 15.8 Å². The molecule has 31 heavy (non-hydrogen) atoms. The van der Waals surface area contributed by atoms with E-state index in [2.05, 4.69) is 64.2 Å². The van der Waals surface area contributed by atoms with Crippen LogP contribution in [0.2, 0.25) is 0 Å². The molecule has 3 N–H and O–H groups in total. The maximum Gasteiger partial charge on any atom is -0.0184 e. The molecule has 0 aliphatic rings. The zero-order valence-electron chi connectivity index (χ0n) is 16.8. The van der Waals surface area contributed by atoms with Gasteiger partial charge >= 0.3 is 111 Å². The summed E-state index contributed by atoms with van der Waals surface area (Å²) in [4.78, 5) is 22.0. The van der Waals surface area contributed by atoms with Crippen molar-refractivity contribution in [3.8, 4) is 16.9 Å². The van der Waals surface area contributed by atoms with Gasteiger partial charge in [0.15, 0.2) is 0 Å². The summed E-state index contributed by atoms with van der Waals surface area (Å²) in [5.41, 5.74) is 2.46. The largest absolute Gasteiger partial charge is 0.0622 e. The van der Waals surface area contributed by atoms with Gasteiger partial charge < -0.3 is 0 Å². The van der Waals surface area contributed by atoms with Gasteiger partial charge in [-0.1, -0.05) is 60.7 Å². The number of phenolic OH excluding ortho intramolecular Hbond substituents is 1. The van der Waals surface area contributed by atoms with E-state index in [1.807, 2.05) is 12.1 Å². The Hall–Kier alpha value is -3.54. The number of benzene rings is 3. The van der Waals surface area contributed by atoms with Crippen molar-refractivity contribution in [3.05, 3.63) is 91.5 Å². The number of aromatic hydroxyl groups is 1. The predicted octanol–water partition coefficient (Wildman–Crippen LogP) is 3.00. The van der Waals surface area contributed by atoms with Crippen LogP contribution in [0.15, 0.2) is 91.5 Å². The molecule has 1 atom stereocenters. The third kappa shape index (κ3) is 7.33. The zero-order chi connectivity index (χ0) is 22.9. The van der Waals surface area contributed by atoms with Crippen LogP contribution in [-0.4, -0.2) is 35.3 Å². The fraction of sp³-hybridized carbons (Fsp3) is 0.0435. The maximum atomic E-state index is 12.0. The van der Waals surface area contributed by atoms with E-state index in [1.165, 1.54) is 18.1 Å². The molecule has 0 aliphatic heterocycles. The Morgan fingerprint density at radius 1 is 0.968 bits per heavy atom. The van der Waals surface area contributed by atoms with Crippen LogP contribution >= 0.6 is 0 Å². The molecule has 0 saturated carbocycles. The van der Waals surface area contributed by atoms with Crippen molar-refractivity contribution in [1.82, 2.24) is 0 Å². The number of carbonyl (C=O) groups excluding carboxylic acids is 2. The molecule has 1 amide bonds. The average Bonchev–Trinajstić information content (AvgIpc) is 2.74. The summed E-state index contributed by atoms with van der Waals surface area (Å²) >= 11 is -5.17. The van der Waals surface area contributed by atoms with Gasteiger partial charge in [-0.25, -0.2) is 0 Å². The van der Waals surface area contributed by atoms with Gasteiger partial charge in [0.05, 0.1) is 0 Å². The molecule has 0 aromatic heterocycles. The zero-order valence-corrected chi connectivity index (χ0v) is 18.6. The molecular formula is C23H22AsNO6. The number of anilines is 1. The maximum absolute atomic E-state index is 12.0. The number of hydrogen-bond donors (Lipinski definition) is 3. The molecule has 1 unspecified atom stereocenters. The standard InChI is InChI=1S/C12H10.C11H12AsNO6/c1-3-7-11(8-4-1)12-9-5-2-6-10-12;1-3-11(16)19-12(17,18)9-5-4-8(15)6-10(9)13-7(2)14/h1-10H;3-6,15H,1H2,2H3,(H,13,14)(H,17,18). The van der Waals surface area contributed by atoms with Crippen LogP contribution in [0.3, 0.4) is 0 Å². The van der Waals surface area contributed by atoms with Gasteiger partial charge in [0.25, 0.3) is 0 Å². The van der Waals surface area contributed by atoms with Gasteiger partial charge in [-0.3, -0.25) is 0 Å². The third-order valence-electron chi connectivity index (χ3n) is 3.86. The second-order valence-corrected chi connectivity index (χ2v) is 9.83. The van der Waals surface area contributed by atoms with Gasteiger partial charge in [0, 0.05) is 0 Å². The molecule has 3 rings (SSSR count). The van der Waals surface area contributed by atoms with E-state index < -0.39 is 26.0 Å². The van der Waals surface area contributed by atoms with Crippen molar-refractivity contribution < 1.29 is 26.3 Å². The van der Waals surface area contributed by atoms with Crippen LogP contribution in [0.25, 0.3) is 11.1 Å². The normalized spacial score (nSPS) is 11.8. The minimum atomic E-state index is -5.17. The van der Waals surface area contributed by atoms with E-state index in [0.29, 0.717) is 0 Å². The molecule has 0 saturated heterocycles. The summed E-state index contributed by atoms with van der Waals surface area (Å²) < 4.78 is 25.9. The first-order valence-electron chi connectivity index (χ1n) is 9.13. The Balaban J connectivity index is 0.000000242. The summed E-state index contributed by atoms with van der Waals surface area (Å²) in [6.45, 7) is 4.31. The molecule has 7 nitrogen and oxygen atoms in total. The van der Waals surface area contributed by atoms with E-state index in [0.717, 1.165) is 24.3 Å². The first-order valence-corrected chi connectivity index (χ1v) is 12.4. The van der Waals surface area contributed by atoms with E-state index in [9.17, 15) is 22.5 Å². The number of carbonyl (C=O) groups is 2. The minimum Gasteiger partial charge on any atom is -0.0622 e. The minimum absolute atomic E-state index is 0.0886. The molecule has 160 valence electrons. The second kappa shape index (κ2) is 11.0. The van der Waals surface area contributed by atoms with Gasteiger partial charge in [-0.2, -0.15) is 0 Å². The fourth-order valence-electron chi connectivity index (χ4n) is 2.53. The van der Waals surface area contributed by atoms with Gasteiger partial charge in [-0.05, 0) is 11.1 Å². The Morgan fingerprint density at radius 2 is 1.48 bits per heavy atom. The van der Waals surface area contributed by atoms with Crippen molar-refractivity contribution >= 4 is 36.1 Å². The topological polar surface area (TPSA) is 113 Å². The van der Waals surface area contributed by atoms with Crippen LogP contribution in [0.4, 0.5) is 5.69 Å². The quantitative estimate of drug-likeness (QED) is 0.380. The number of phenols is 1. The first kappa shape index (κ1) is 23.7. The SMILES string of the molecule is C=CC(=O)O[As](=O)(O)c1ccc(O)cc1NC(C)=O.c1ccc(-c2ccccc2)cc1. The van der Waals surface area contributed by atoms with Crippen LogP contribution < -0.4 is 9.67 Å². The molecule has 0 spiro atoms. The number of amides is 1. The number of rotatable bonds is 5. The van der Waals surface area contributed by atoms with Gasteiger partial charge in [-0.15, -0.1) is 0 Å².